The molecule has 0 atom stereocenters. The number of nitrogens with zero attached hydrogens (tertiary/aromatic N) is 2. The molecule has 138 valence electrons. The van der Waals surface area contributed by atoms with Crippen LogP contribution in [0.5, 0.6) is 23.1 Å². The van der Waals surface area contributed by atoms with E-state index in [0.717, 1.165) is 28.2 Å². The van der Waals surface area contributed by atoms with Gasteiger partial charge in [-0.1, -0.05) is 12.1 Å². The van der Waals surface area contributed by atoms with E-state index in [-0.39, 0.29) is 6.79 Å². The standard InChI is InChI=1S/C20H20N4O3/c1-12-5-13(2)7-15(6-12)27-20-18(21)19(23-10-24-20)22-9-14-3-4-16-17(8-14)26-11-25-16/h3-8,10H,9,11,21H2,1-2H3,(H,22,23,24). The molecule has 3 aromatic rings. The Hall–Kier alpha value is -3.48. The second-order valence-electron chi connectivity index (χ2n) is 6.41. The van der Waals surface area contributed by atoms with Crippen LogP contribution in [-0.2, 0) is 6.54 Å². The van der Waals surface area contributed by atoms with Crippen LogP contribution in [0.15, 0.2) is 42.7 Å². The Kier molecular flexibility index (Phi) is 4.42. The van der Waals surface area contributed by atoms with Crippen LogP contribution >= 0.6 is 0 Å². The summed E-state index contributed by atoms with van der Waals surface area (Å²) >= 11 is 0. The predicted octanol–water partition coefficient (Wildman–Crippen LogP) is 3.81. The lowest BCUT2D eigenvalue weighted by molar-refractivity contribution is 0.174. The molecular weight excluding hydrogens is 344 g/mol. The van der Waals surface area contributed by atoms with Crippen molar-refractivity contribution in [3.8, 4) is 23.1 Å². The lowest BCUT2D eigenvalue weighted by Crippen LogP contribution is -2.06. The first-order chi connectivity index (χ1) is 13.1. The highest BCUT2D eigenvalue weighted by Gasteiger charge is 2.14. The maximum Gasteiger partial charge on any atom is 0.248 e. The summed E-state index contributed by atoms with van der Waals surface area (Å²) in [5, 5.41) is 3.22. The van der Waals surface area contributed by atoms with Gasteiger partial charge in [-0.25, -0.2) is 4.98 Å². The Labute approximate surface area is 157 Å². The molecule has 0 saturated carbocycles. The monoisotopic (exact) mass is 364 g/mol. The number of nitrogens with two attached hydrogens (primary N) is 1. The number of hydrogen-bond acceptors (Lipinski definition) is 7. The zero-order chi connectivity index (χ0) is 18.8. The number of nitrogen functional groups attached to an aromatic ring is 1. The molecule has 0 saturated heterocycles. The van der Waals surface area contributed by atoms with E-state index in [1.807, 2.05) is 44.2 Å². The molecule has 3 N–H and O–H groups in total. The van der Waals surface area contributed by atoms with Crippen LogP contribution in [0.3, 0.4) is 0 Å². The van der Waals surface area contributed by atoms with Gasteiger partial charge in [0, 0.05) is 6.54 Å². The SMILES string of the molecule is Cc1cc(C)cc(Oc2ncnc(NCc3ccc4c(c3)OCO4)c2N)c1. The third-order valence-corrected chi connectivity index (χ3v) is 4.15. The number of hydrogen-bond donors (Lipinski definition) is 2. The molecule has 1 aliphatic heterocycles. The Morgan fingerprint density at radius 2 is 1.81 bits per heavy atom. The number of benzene rings is 2. The van der Waals surface area contributed by atoms with Crippen molar-refractivity contribution in [3.05, 3.63) is 59.4 Å². The van der Waals surface area contributed by atoms with Crippen LogP contribution in [0, 0.1) is 13.8 Å². The number of aromatic nitrogens is 2. The van der Waals surface area contributed by atoms with Gasteiger partial charge in [-0.2, -0.15) is 4.98 Å². The Balaban J connectivity index is 1.50. The van der Waals surface area contributed by atoms with Gasteiger partial charge >= 0.3 is 0 Å². The lowest BCUT2D eigenvalue weighted by atomic mass is 10.1. The average Bonchev–Trinajstić information content (AvgIpc) is 3.09. The fourth-order valence-corrected chi connectivity index (χ4v) is 2.94. The van der Waals surface area contributed by atoms with E-state index in [1.54, 1.807) is 0 Å². The van der Waals surface area contributed by atoms with Gasteiger partial charge in [0.25, 0.3) is 0 Å². The summed E-state index contributed by atoms with van der Waals surface area (Å²) in [5.41, 5.74) is 9.81. The normalized spacial score (nSPS) is 12.1. The summed E-state index contributed by atoms with van der Waals surface area (Å²) < 4.78 is 16.6. The number of aryl methyl sites for hydroxylation is 2. The van der Waals surface area contributed by atoms with Crippen molar-refractivity contribution in [2.24, 2.45) is 0 Å². The molecule has 2 heterocycles. The van der Waals surface area contributed by atoms with Gasteiger partial charge in [0.1, 0.15) is 17.8 Å². The minimum atomic E-state index is 0.254. The van der Waals surface area contributed by atoms with Crippen molar-refractivity contribution in [1.29, 1.82) is 0 Å². The second kappa shape index (κ2) is 7.03. The van der Waals surface area contributed by atoms with Crippen molar-refractivity contribution in [2.75, 3.05) is 17.8 Å². The predicted molar refractivity (Wildman–Crippen MR) is 102 cm³/mol. The smallest absolute Gasteiger partial charge is 0.248 e. The van der Waals surface area contributed by atoms with Crippen molar-refractivity contribution in [2.45, 2.75) is 20.4 Å². The molecule has 1 aromatic heterocycles. The fourth-order valence-electron chi connectivity index (χ4n) is 2.94. The number of nitrogens with one attached hydrogen (secondary N) is 1. The van der Waals surface area contributed by atoms with E-state index in [0.29, 0.717) is 29.7 Å². The van der Waals surface area contributed by atoms with Crippen LogP contribution in [0.1, 0.15) is 16.7 Å². The highest BCUT2D eigenvalue weighted by atomic mass is 16.7. The molecule has 2 aromatic carbocycles. The summed E-state index contributed by atoms with van der Waals surface area (Å²) in [4.78, 5) is 8.38. The van der Waals surface area contributed by atoms with Gasteiger partial charge in [-0.3, -0.25) is 0 Å². The quantitative estimate of drug-likeness (QED) is 0.711. The minimum absolute atomic E-state index is 0.254. The van der Waals surface area contributed by atoms with E-state index < -0.39 is 0 Å². The summed E-state index contributed by atoms with van der Waals surface area (Å²) in [6.45, 7) is 4.81. The van der Waals surface area contributed by atoms with E-state index in [9.17, 15) is 0 Å². The zero-order valence-corrected chi connectivity index (χ0v) is 15.2. The first kappa shape index (κ1) is 17.0. The van der Waals surface area contributed by atoms with E-state index in [4.69, 9.17) is 19.9 Å². The molecule has 0 spiro atoms. The molecule has 1 aliphatic rings. The van der Waals surface area contributed by atoms with Crippen molar-refractivity contribution in [3.63, 3.8) is 0 Å². The van der Waals surface area contributed by atoms with Gasteiger partial charge in [0.2, 0.25) is 12.7 Å². The summed E-state index contributed by atoms with van der Waals surface area (Å²) in [5.74, 6) is 3.03. The Morgan fingerprint density at radius 3 is 2.63 bits per heavy atom. The molecule has 0 unspecified atom stereocenters. The van der Waals surface area contributed by atoms with Gasteiger partial charge in [-0.15, -0.1) is 0 Å². The molecule has 0 amide bonds. The summed E-state index contributed by atoms with van der Waals surface area (Å²) in [6.07, 6.45) is 1.43. The summed E-state index contributed by atoms with van der Waals surface area (Å²) in [6, 6.07) is 11.7. The zero-order valence-electron chi connectivity index (χ0n) is 15.2. The maximum absolute atomic E-state index is 6.20. The molecule has 0 radical (unpaired) electrons. The van der Waals surface area contributed by atoms with Crippen LogP contribution in [-0.4, -0.2) is 16.8 Å². The number of rotatable bonds is 5. The van der Waals surface area contributed by atoms with Crippen molar-refractivity contribution < 1.29 is 14.2 Å². The van der Waals surface area contributed by atoms with E-state index in [1.165, 1.54) is 6.33 Å². The van der Waals surface area contributed by atoms with Gasteiger partial charge < -0.3 is 25.3 Å². The third-order valence-electron chi connectivity index (χ3n) is 4.15. The highest BCUT2D eigenvalue weighted by molar-refractivity contribution is 5.67. The first-order valence-corrected chi connectivity index (χ1v) is 8.57. The average molecular weight is 364 g/mol. The molecule has 7 nitrogen and oxygen atoms in total. The topological polar surface area (TPSA) is 91.5 Å². The van der Waals surface area contributed by atoms with Crippen molar-refractivity contribution >= 4 is 11.5 Å². The van der Waals surface area contributed by atoms with E-state index in [2.05, 4.69) is 21.4 Å². The summed E-state index contributed by atoms with van der Waals surface area (Å²) in [7, 11) is 0. The van der Waals surface area contributed by atoms with Gasteiger partial charge in [-0.05, 0) is 54.8 Å². The number of fused-ring (bicyclic) bond motifs is 1. The van der Waals surface area contributed by atoms with Crippen LogP contribution in [0.25, 0.3) is 0 Å². The van der Waals surface area contributed by atoms with Crippen LogP contribution < -0.4 is 25.3 Å². The Bertz CT molecular complexity index is 971. The van der Waals surface area contributed by atoms with Crippen molar-refractivity contribution in [1.82, 2.24) is 9.97 Å². The first-order valence-electron chi connectivity index (χ1n) is 8.57. The molecule has 0 aliphatic carbocycles. The fraction of sp³-hybridized carbons (Fsp3) is 0.200. The lowest BCUT2D eigenvalue weighted by Gasteiger charge is -2.12. The molecule has 27 heavy (non-hydrogen) atoms. The van der Waals surface area contributed by atoms with Crippen LogP contribution in [0.2, 0.25) is 0 Å². The molecular formula is C20H20N4O3. The minimum Gasteiger partial charge on any atom is -0.454 e. The highest BCUT2D eigenvalue weighted by Crippen LogP contribution is 2.33. The second-order valence-corrected chi connectivity index (χ2v) is 6.41. The largest absolute Gasteiger partial charge is 0.454 e. The number of ether oxygens (including phenoxy) is 3. The van der Waals surface area contributed by atoms with Gasteiger partial charge in [0.15, 0.2) is 17.3 Å². The number of anilines is 2. The van der Waals surface area contributed by atoms with E-state index >= 15 is 0 Å². The Morgan fingerprint density at radius 1 is 1.04 bits per heavy atom. The van der Waals surface area contributed by atoms with Gasteiger partial charge in [0.05, 0.1) is 0 Å². The molecule has 4 rings (SSSR count). The molecule has 0 bridgehead atoms. The van der Waals surface area contributed by atoms with Crippen LogP contribution in [0.4, 0.5) is 11.5 Å². The molecule has 7 heteroatoms. The third kappa shape index (κ3) is 3.72. The molecule has 0 fully saturated rings. The maximum atomic E-state index is 6.20.